The molecule has 0 N–H and O–H groups in total. The van der Waals surface area contributed by atoms with E-state index < -0.39 is 0 Å². The summed E-state index contributed by atoms with van der Waals surface area (Å²) in [6.45, 7) is 0. The molecule has 2 nitrogen and oxygen atoms in total. The highest BCUT2D eigenvalue weighted by molar-refractivity contribution is 6.26. The molecular weight excluding hydrogens is 581 g/mol. The summed E-state index contributed by atoms with van der Waals surface area (Å²) in [7, 11) is 0. The average Bonchev–Trinajstić information content (AvgIpc) is 3.18. The third-order valence-electron chi connectivity index (χ3n) is 9.33. The fourth-order valence-corrected chi connectivity index (χ4v) is 6.98. The van der Waals surface area contributed by atoms with Gasteiger partial charge in [0.25, 0.3) is 0 Å². The molecule has 9 rings (SSSR count). The van der Waals surface area contributed by atoms with Gasteiger partial charge >= 0.3 is 0 Å². The van der Waals surface area contributed by atoms with Crippen LogP contribution in [0.3, 0.4) is 0 Å². The minimum atomic E-state index is 0.942. The van der Waals surface area contributed by atoms with Gasteiger partial charge in [-0.05, 0) is 126 Å². The Balaban J connectivity index is 1.18. The molecule has 2 heteroatoms. The molecule has 224 valence electrons. The van der Waals surface area contributed by atoms with Gasteiger partial charge in [0.2, 0.25) is 0 Å². The molecule has 2 heterocycles. The van der Waals surface area contributed by atoms with Crippen LogP contribution in [0, 0.1) is 0 Å². The van der Waals surface area contributed by atoms with Gasteiger partial charge in [0, 0.05) is 23.5 Å². The lowest BCUT2D eigenvalue weighted by Gasteiger charge is -2.14. The van der Waals surface area contributed by atoms with Crippen molar-refractivity contribution in [2.24, 2.45) is 0 Å². The number of hydrogen-bond acceptors (Lipinski definition) is 2. The van der Waals surface area contributed by atoms with E-state index in [1.54, 1.807) is 0 Å². The van der Waals surface area contributed by atoms with Crippen molar-refractivity contribution < 1.29 is 0 Å². The van der Waals surface area contributed by atoms with Crippen molar-refractivity contribution in [2.45, 2.75) is 0 Å². The van der Waals surface area contributed by atoms with E-state index in [0.717, 1.165) is 33.6 Å². The van der Waals surface area contributed by atoms with Gasteiger partial charge in [-0.2, -0.15) is 0 Å². The molecule has 0 radical (unpaired) electrons. The SMILES string of the molecule is c1ccc(-c2ccc3c4ccc(-c5cccc(-c6cc(-c7ccccn7)cc(-c7ccccn7)c6)c5)cc4c4ccccc4c3c2)cc1. The highest BCUT2D eigenvalue weighted by Crippen LogP contribution is 2.40. The third kappa shape index (κ3) is 5.01. The van der Waals surface area contributed by atoms with Crippen LogP contribution in [0.4, 0.5) is 0 Å². The molecule has 48 heavy (non-hydrogen) atoms. The average molecular weight is 611 g/mol. The molecule has 7 aromatic carbocycles. The second kappa shape index (κ2) is 11.8. The zero-order chi connectivity index (χ0) is 31.9. The maximum absolute atomic E-state index is 4.66. The fraction of sp³-hybridized carbons (Fsp3) is 0. The van der Waals surface area contributed by atoms with E-state index in [1.165, 1.54) is 54.6 Å². The number of hydrogen-bond donors (Lipinski definition) is 0. The zero-order valence-electron chi connectivity index (χ0n) is 26.2. The van der Waals surface area contributed by atoms with Crippen LogP contribution in [0.15, 0.2) is 182 Å². The Morgan fingerprint density at radius 1 is 0.229 bits per heavy atom. The number of benzene rings is 7. The van der Waals surface area contributed by atoms with Crippen LogP contribution in [-0.2, 0) is 0 Å². The minimum Gasteiger partial charge on any atom is -0.256 e. The Kier molecular flexibility index (Phi) is 6.84. The smallest absolute Gasteiger partial charge is 0.0702 e. The van der Waals surface area contributed by atoms with Crippen molar-refractivity contribution in [1.29, 1.82) is 0 Å². The van der Waals surface area contributed by atoms with Gasteiger partial charge in [0.1, 0.15) is 0 Å². The fourth-order valence-electron chi connectivity index (χ4n) is 6.98. The monoisotopic (exact) mass is 610 g/mol. The zero-order valence-corrected chi connectivity index (χ0v) is 26.2. The van der Waals surface area contributed by atoms with E-state index in [1.807, 2.05) is 36.7 Å². The predicted octanol–water partition coefficient (Wildman–Crippen LogP) is 12.3. The Labute approximate surface area is 279 Å². The standard InChI is InChI=1S/C46H30N2/c1-2-11-31(12-3-1)34-19-21-41-42-22-20-35(30-44(42)40-16-5-4-15-39(40)43(41)29-34)32-13-10-14-33(25-32)36-26-37(45-17-6-8-23-47-45)28-38(27-36)46-18-7-9-24-48-46/h1-30H. The molecule has 2 aromatic heterocycles. The van der Waals surface area contributed by atoms with Gasteiger partial charge in [-0.3, -0.25) is 9.97 Å². The lowest BCUT2D eigenvalue weighted by Crippen LogP contribution is -1.90. The summed E-state index contributed by atoms with van der Waals surface area (Å²) in [5.41, 5.74) is 11.1. The molecule has 0 spiro atoms. The van der Waals surface area contributed by atoms with E-state index in [9.17, 15) is 0 Å². The van der Waals surface area contributed by atoms with Gasteiger partial charge in [-0.25, -0.2) is 0 Å². The van der Waals surface area contributed by atoms with Crippen molar-refractivity contribution >= 4 is 32.3 Å². The first kappa shape index (κ1) is 27.9. The molecule has 0 aliphatic carbocycles. The van der Waals surface area contributed by atoms with E-state index in [4.69, 9.17) is 0 Å². The van der Waals surface area contributed by atoms with Crippen LogP contribution in [0.5, 0.6) is 0 Å². The number of pyridine rings is 2. The molecule has 0 bridgehead atoms. The van der Waals surface area contributed by atoms with Crippen LogP contribution >= 0.6 is 0 Å². The predicted molar refractivity (Wildman–Crippen MR) is 202 cm³/mol. The molecule has 0 fully saturated rings. The van der Waals surface area contributed by atoms with Gasteiger partial charge < -0.3 is 0 Å². The van der Waals surface area contributed by atoms with Crippen LogP contribution < -0.4 is 0 Å². The second-order valence-electron chi connectivity index (χ2n) is 12.2. The summed E-state index contributed by atoms with van der Waals surface area (Å²) in [6, 6.07) is 60.9. The van der Waals surface area contributed by atoms with Gasteiger partial charge in [-0.1, -0.05) is 109 Å². The van der Waals surface area contributed by atoms with Crippen molar-refractivity contribution in [3.8, 4) is 55.9 Å². The molecule has 9 aromatic rings. The molecule has 0 saturated heterocycles. The number of fused-ring (bicyclic) bond motifs is 6. The van der Waals surface area contributed by atoms with Gasteiger partial charge in [0.15, 0.2) is 0 Å². The van der Waals surface area contributed by atoms with E-state index >= 15 is 0 Å². The summed E-state index contributed by atoms with van der Waals surface area (Å²) in [5, 5.41) is 7.64. The minimum absolute atomic E-state index is 0.942. The first-order valence-electron chi connectivity index (χ1n) is 16.3. The Bertz CT molecular complexity index is 2510. The third-order valence-corrected chi connectivity index (χ3v) is 9.33. The van der Waals surface area contributed by atoms with Crippen LogP contribution in [0.1, 0.15) is 0 Å². The highest BCUT2D eigenvalue weighted by atomic mass is 14.7. The lowest BCUT2D eigenvalue weighted by atomic mass is 9.90. The van der Waals surface area contributed by atoms with Crippen molar-refractivity contribution in [1.82, 2.24) is 9.97 Å². The topological polar surface area (TPSA) is 25.8 Å². The summed E-state index contributed by atoms with van der Waals surface area (Å²) in [5.74, 6) is 0. The van der Waals surface area contributed by atoms with E-state index in [2.05, 4.69) is 156 Å². The molecule has 0 aliphatic rings. The largest absolute Gasteiger partial charge is 0.256 e. The quantitative estimate of drug-likeness (QED) is 0.181. The summed E-state index contributed by atoms with van der Waals surface area (Å²) in [6.07, 6.45) is 3.69. The highest BCUT2D eigenvalue weighted by Gasteiger charge is 2.13. The normalized spacial score (nSPS) is 11.3. The summed E-state index contributed by atoms with van der Waals surface area (Å²) < 4.78 is 0. The van der Waals surface area contributed by atoms with Crippen molar-refractivity contribution in [3.63, 3.8) is 0 Å². The van der Waals surface area contributed by atoms with E-state index in [-0.39, 0.29) is 0 Å². The van der Waals surface area contributed by atoms with Crippen LogP contribution in [0.2, 0.25) is 0 Å². The van der Waals surface area contributed by atoms with Crippen molar-refractivity contribution in [3.05, 3.63) is 182 Å². The van der Waals surface area contributed by atoms with Gasteiger partial charge in [-0.15, -0.1) is 0 Å². The van der Waals surface area contributed by atoms with Crippen LogP contribution in [0.25, 0.3) is 88.2 Å². The molecule has 0 unspecified atom stereocenters. The Morgan fingerprint density at radius 2 is 0.646 bits per heavy atom. The molecule has 0 amide bonds. The van der Waals surface area contributed by atoms with E-state index in [0.29, 0.717) is 0 Å². The maximum atomic E-state index is 4.66. The lowest BCUT2D eigenvalue weighted by molar-refractivity contribution is 1.31. The maximum Gasteiger partial charge on any atom is 0.0702 e. The first-order valence-corrected chi connectivity index (χ1v) is 16.3. The van der Waals surface area contributed by atoms with Crippen LogP contribution in [-0.4, -0.2) is 9.97 Å². The number of rotatable bonds is 5. The summed E-state index contributed by atoms with van der Waals surface area (Å²) >= 11 is 0. The Hall–Kier alpha value is -6.38. The van der Waals surface area contributed by atoms with Gasteiger partial charge in [0.05, 0.1) is 11.4 Å². The molecule has 0 saturated carbocycles. The molecule has 0 atom stereocenters. The molecule has 0 aliphatic heterocycles. The first-order chi connectivity index (χ1) is 23.8. The number of aromatic nitrogens is 2. The number of nitrogens with zero attached hydrogens (tertiary/aromatic N) is 2. The summed E-state index contributed by atoms with van der Waals surface area (Å²) in [4.78, 5) is 9.32. The molecular formula is C46H30N2. The second-order valence-corrected chi connectivity index (χ2v) is 12.2. The Morgan fingerprint density at radius 3 is 1.21 bits per heavy atom. The van der Waals surface area contributed by atoms with Crippen molar-refractivity contribution in [2.75, 3.05) is 0 Å².